The van der Waals surface area contributed by atoms with Crippen molar-refractivity contribution >= 4 is 18.0 Å². The maximum Gasteiger partial charge on any atom is 0.407 e. The molecule has 1 aliphatic rings. The lowest BCUT2D eigenvalue weighted by Gasteiger charge is -2.39. The molecule has 7 nitrogen and oxygen atoms in total. The monoisotopic (exact) mass is 466 g/mol. The highest BCUT2D eigenvalue weighted by molar-refractivity contribution is 5.82. The average molecular weight is 467 g/mol. The topological polar surface area (TPSA) is 105 Å². The minimum absolute atomic E-state index is 0.0114. The molecule has 2 aromatic carbocycles. The first-order chi connectivity index (χ1) is 16.0. The summed E-state index contributed by atoms with van der Waals surface area (Å²) in [5, 5.41) is 15.0. The summed E-state index contributed by atoms with van der Waals surface area (Å²) in [6.45, 7) is 8.81. The molecule has 3 N–H and O–H groups in total. The van der Waals surface area contributed by atoms with Crippen LogP contribution < -0.4 is 10.6 Å². The summed E-state index contributed by atoms with van der Waals surface area (Å²) in [5.41, 5.74) is 2.55. The molecule has 0 aliphatic heterocycles. The van der Waals surface area contributed by atoms with E-state index in [9.17, 15) is 19.5 Å². The number of hydrogen-bond donors (Lipinski definition) is 3. The second kappa shape index (κ2) is 9.87. The quantitative estimate of drug-likeness (QED) is 0.503. The number of benzene rings is 2. The molecule has 34 heavy (non-hydrogen) atoms. The number of ether oxygens (including phenoxy) is 1. The molecule has 0 fully saturated rings. The van der Waals surface area contributed by atoms with Gasteiger partial charge in [0, 0.05) is 23.9 Å². The molecule has 0 saturated heterocycles. The Morgan fingerprint density at radius 1 is 0.971 bits per heavy atom. The lowest BCUT2D eigenvalue weighted by molar-refractivity contribution is -0.152. The number of fused-ring (bicyclic) bond motifs is 3. The largest absolute Gasteiger partial charge is 0.481 e. The van der Waals surface area contributed by atoms with Crippen LogP contribution in [0, 0.1) is 11.3 Å². The fraction of sp³-hybridized carbons (Fsp3) is 0.444. The maximum atomic E-state index is 12.6. The molecule has 0 bridgehead atoms. The zero-order chi connectivity index (χ0) is 25.1. The second-order valence-electron chi connectivity index (χ2n) is 9.99. The van der Waals surface area contributed by atoms with Crippen LogP contribution in [0.2, 0.25) is 0 Å². The molecule has 0 spiro atoms. The average Bonchev–Trinajstić information content (AvgIpc) is 3.10. The number of nitrogens with one attached hydrogen (secondary N) is 2. The predicted octanol–water partition coefficient (Wildman–Crippen LogP) is 4.56. The van der Waals surface area contributed by atoms with Gasteiger partial charge in [0.05, 0.1) is 5.41 Å². The van der Waals surface area contributed by atoms with E-state index in [1.54, 1.807) is 34.6 Å². The number of carbonyl (C=O) groups is 3. The Morgan fingerprint density at radius 3 is 2.03 bits per heavy atom. The highest BCUT2D eigenvalue weighted by atomic mass is 16.5. The maximum absolute atomic E-state index is 12.6. The van der Waals surface area contributed by atoms with Crippen molar-refractivity contribution in [2.45, 2.75) is 52.5 Å². The third kappa shape index (κ3) is 5.08. The van der Waals surface area contributed by atoms with Gasteiger partial charge in [-0.1, -0.05) is 55.5 Å². The summed E-state index contributed by atoms with van der Waals surface area (Å²) in [5.74, 6) is -1.66. The smallest absolute Gasteiger partial charge is 0.407 e. The van der Waals surface area contributed by atoms with Crippen LogP contribution in [0.3, 0.4) is 0 Å². The number of aliphatic carboxylic acids is 1. The van der Waals surface area contributed by atoms with Gasteiger partial charge in [0.25, 0.3) is 0 Å². The van der Waals surface area contributed by atoms with Gasteiger partial charge in [0.1, 0.15) is 6.61 Å². The fourth-order valence-corrected chi connectivity index (χ4v) is 4.03. The first-order valence-electron chi connectivity index (χ1n) is 11.6. The van der Waals surface area contributed by atoms with Gasteiger partial charge >= 0.3 is 12.1 Å². The van der Waals surface area contributed by atoms with Crippen molar-refractivity contribution in [3.63, 3.8) is 0 Å². The first-order valence-corrected chi connectivity index (χ1v) is 11.6. The third-order valence-corrected chi connectivity index (χ3v) is 7.17. The fourth-order valence-electron chi connectivity index (χ4n) is 4.03. The molecule has 0 heterocycles. The molecule has 2 amide bonds. The molecular weight excluding hydrogens is 432 g/mol. The number of rotatable bonds is 9. The minimum Gasteiger partial charge on any atom is -0.481 e. The Labute approximate surface area is 200 Å². The van der Waals surface area contributed by atoms with Crippen molar-refractivity contribution < 1.29 is 24.2 Å². The van der Waals surface area contributed by atoms with E-state index >= 15 is 0 Å². The van der Waals surface area contributed by atoms with Crippen LogP contribution in [0.1, 0.15) is 58.1 Å². The van der Waals surface area contributed by atoms with Gasteiger partial charge in [-0.3, -0.25) is 9.59 Å². The molecule has 7 heteroatoms. The summed E-state index contributed by atoms with van der Waals surface area (Å²) in [6, 6.07) is 16.3. The van der Waals surface area contributed by atoms with E-state index in [1.807, 2.05) is 24.3 Å². The number of carboxylic acids is 1. The van der Waals surface area contributed by atoms with Crippen molar-refractivity contribution in [2.75, 3.05) is 13.2 Å². The third-order valence-electron chi connectivity index (χ3n) is 7.17. The first kappa shape index (κ1) is 25.3. The highest BCUT2D eigenvalue weighted by Crippen LogP contribution is 2.44. The Kier molecular flexibility index (Phi) is 7.34. The molecule has 1 unspecified atom stereocenters. The molecule has 0 saturated carbocycles. The summed E-state index contributed by atoms with van der Waals surface area (Å²) in [7, 11) is 0. The minimum atomic E-state index is -1.14. The molecule has 1 atom stereocenters. The van der Waals surface area contributed by atoms with Gasteiger partial charge in [-0.25, -0.2) is 4.79 Å². The van der Waals surface area contributed by atoms with Gasteiger partial charge < -0.3 is 20.5 Å². The summed E-state index contributed by atoms with van der Waals surface area (Å²) < 4.78 is 5.52. The molecular formula is C27H34N2O5. The van der Waals surface area contributed by atoms with E-state index in [1.165, 1.54) is 11.1 Å². The van der Waals surface area contributed by atoms with Crippen molar-refractivity contribution in [1.82, 2.24) is 10.6 Å². The summed E-state index contributed by atoms with van der Waals surface area (Å²) in [4.78, 5) is 36.4. The van der Waals surface area contributed by atoms with Gasteiger partial charge in [-0.05, 0) is 56.4 Å². The van der Waals surface area contributed by atoms with E-state index < -0.39 is 28.9 Å². The number of alkyl carbamates (subject to hydrolysis) is 1. The van der Waals surface area contributed by atoms with E-state index in [0.29, 0.717) is 6.42 Å². The van der Waals surface area contributed by atoms with E-state index in [0.717, 1.165) is 11.1 Å². The number of carbonyl (C=O) groups excluding carboxylic acids is 2. The van der Waals surface area contributed by atoms with Gasteiger partial charge in [-0.2, -0.15) is 0 Å². The van der Waals surface area contributed by atoms with Crippen LogP contribution in [0.15, 0.2) is 48.5 Å². The highest BCUT2D eigenvalue weighted by Gasteiger charge is 2.44. The SMILES string of the molecule is CC(CCNC(=O)OCC1c2ccccc2-c2ccccc21)C(=O)NC(C)(C)C(C)(C)C(=O)O. The zero-order valence-corrected chi connectivity index (χ0v) is 20.5. The number of hydrogen-bond acceptors (Lipinski definition) is 4. The summed E-state index contributed by atoms with van der Waals surface area (Å²) in [6.07, 6.45) is -0.124. The second-order valence-corrected chi connectivity index (χ2v) is 9.99. The van der Waals surface area contributed by atoms with Gasteiger partial charge in [-0.15, -0.1) is 0 Å². The molecule has 1 aliphatic carbocycles. The molecule has 0 radical (unpaired) electrons. The molecule has 3 rings (SSSR count). The van der Waals surface area contributed by atoms with E-state index in [-0.39, 0.29) is 25.0 Å². The summed E-state index contributed by atoms with van der Waals surface area (Å²) >= 11 is 0. The van der Waals surface area contributed by atoms with Crippen LogP contribution in [0.25, 0.3) is 11.1 Å². The molecule has 182 valence electrons. The molecule has 2 aromatic rings. The van der Waals surface area contributed by atoms with Crippen molar-refractivity contribution in [3.05, 3.63) is 59.7 Å². The number of carboxylic acid groups (broad SMARTS) is 1. The Morgan fingerprint density at radius 2 is 1.50 bits per heavy atom. The standard InChI is InChI=1S/C27H34N2O5/c1-17(23(30)29-27(4,5)26(2,3)24(31)32)14-15-28-25(33)34-16-22-20-12-8-6-10-18(20)19-11-7-9-13-21(19)22/h6-13,17,22H,14-16H2,1-5H3,(H,28,33)(H,29,30)(H,31,32). The van der Waals surface area contributed by atoms with Crippen molar-refractivity contribution in [1.29, 1.82) is 0 Å². The van der Waals surface area contributed by atoms with Gasteiger partial charge in [0.15, 0.2) is 0 Å². The lowest BCUT2D eigenvalue weighted by Crippen LogP contribution is -2.58. The van der Waals surface area contributed by atoms with Crippen LogP contribution in [-0.2, 0) is 14.3 Å². The van der Waals surface area contributed by atoms with Crippen LogP contribution in [0.4, 0.5) is 4.79 Å². The van der Waals surface area contributed by atoms with Crippen molar-refractivity contribution in [2.24, 2.45) is 11.3 Å². The molecule has 0 aromatic heterocycles. The van der Waals surface area contributed by atoms with Gasteiger partial charge in [0.2, 0.25) is 5.91 Å². The van der Waals surface area contributed by atoms with Crippen molar-refractivity contribution in [3.8, 4) is 11.1 Å². The number of amides is 2. The van der Waals surface area contributed by atoms with Crippen LogP contribution in [0.5, 0.6) is 0 Å². The zero-order valence-electron chi connectivity index (χ0n) is 20.5. The van der Waals surface area contributed by atoms with Crippen LogP contribution in [-0.4, -0.2) is 41.8 Å². The normalized spacial score (nSPS) is 14.0. The Bertz CT molecular complexity index is 1030. The van der Waals surface area contributed by atoms with Crippen LogP contribution >= 0.6 is 0 Å². The Hall–Kier alpha value is -3.35. The predicted molar refractivity (Wildman–Crippen MR) is 130 cm³/mol. The van der Waals surface area contributed by atoms with E-state index in [4.69, 9.17) is 4.74 Å². The van der Waals surface area contributed by atoms with E-state index in [2.05, 4.69) is 34.9 Å². The Balaban J connectivity index is 1.48. The lowest BCUT2D eigenvalue weighted by atomic mass is 9.74.